The van der Waals surface area contributed by atoms with Crippen LogP contribution in [0.15, 0.2) is 10.6 Å². The van der Waals surface area contributed by atoms with E-state index in [1.807, 2.05) is 6.92 Å². The fraction of sp³-hybridized carbons (Fsp3) is 0.769. The van der Waals surface area contributed by atoms with Gasteiger partial charge >= 0.3 is 0 Å². The van der Waals surface area contributed by atoms with E-state index < -0.39 is 0 Å². The molecule has 3 atom stereocenters. The molecular weight excluding hydrogens is 216 g/mol. The number of nitrogens with one attached hydrogen (secondary N) is 1. The molecule has 0 aromatic carbocycles. The Hall–Kier alpha value is -0.870. The number of rotatable bonds is 3. The molecule has 17 heavy (non-hydrogen) atoms. The Kier molecular flexibility index (Phi) is 3.84. The van der Waals surface area contributed by atoms with E-state index in [4.69, 9.17) is 9.15 Å². The van der Waals surface area contributed by atoms with Gasteiger partial charge in [0.05, 0.1) is 24.4 Å². The third-order valence-corrected chi connectivity index (χ3v) is 3.19. The van der Waals surface area contributed by atoms with Gasteiger partial charge in [-0.05, 0) is 40.5 Å². The highest BCUT2D eigenvalue weighted by atomic mass is 16.5. The molecule has 1 aliphatic rings. The van der Waals surface area contributed by atoms with Gasteiger partial charge in [-0.25, -0.2) is 4.98 Å². The van der Waals surface area contributed by atoms with Gasteiger partial charge in [0.2, 0.25) is 5.89 Å². The summed E-state index contributed by atoms with van der Waals surface area (Å²) in [6, 6.07) is 0.641. The van der Waals surface area contributed by atoms with Crippen molar-refractivity contribution in [2.45, 2.75) is 64.8 Å². The summed E-state index contributed by atoms with van der Waals surface area (Å²) in [4.78, 5) is 4.26. The summed E-state index contributed by atoms with van der Waals surface area (Å²) in [5.74, 6) is 1.64. The lowest BCUT2D eigenvalue weighted by atomic mass is 9.99. The largest absolute Gasteiger partial charge is 0.444 e. The normalized spacial score (nSPS) is 31.4. The van der Waals surface area contributed by atoms with E-state index in [2.05, 4.69) is 31.1 Å². The standard InChI is InChI=1S/C13H22N2O2/c1-8-5-12(6-9(2)16-8)15-11(4)13-14-7-10(3)17-13/h7-9,11-12,15H,5-6H2,1-4H3. The van der Waals surface area contributed by atoms with Gasteiger partial charge in [0, 0.05) is 6.04 Å². The minimum atomic E-state index is 0.159. The molecule has 1 aromatic rings. The van der Waals surface area contributed by atoms with Crippen LogP contribution in [-0.4, -0.2) is 23.2 Å². The molecule has 0 aliphatic carbocycles. The van der Waals surface area contributed by atoms with E-state index in [1.54, 1.807) is 6.20 Å². The molecule has 2 heterocycles. The average molecular weight is 238 g/mol. The molecule has 0 radical (unpaired) electrons. The number of hydrogen-bond donors (Lipinski definition) is 1. The van der Waals surface area contributed by atoms with Crippen molar-refractivity contribution in [3.63, 3.8) is 0 Å². The van der Waals surface area contributed by atoms with E-state index in [-0.39, 0.29) is 6.04 Å². The molecule has 4 nitrogen and oxygen atoms in total. The molecule has 1 N–H and O–H groups in total. The minimum absolute atomic E-state index is 0.159. The van der Waals surface area contributed by atoms with Crippen LogP contribution in [0.5, 0.6) is 0 Å². The maximum Gasteiger partial charge on any atom is 0.211 e. The second-order valence-corrected chi connectivity index (χ2v) is 5.12. The van der Waals surface area contributed by atoms with E-state index in [0.717, 1.165) is 24.5 Å². The monoisotopic (exact) mass is 238 g/mol. The van der Waals surface area contributed by atoms with Crippen LogP contribution in [0.3, 0.4) is 0 Å². The fourth-order valence-corrected chi connectivity index (χ4v) is 2.54. The third-order valence-electron chi connectivity index (χ3n) is 3.19. The molecule has 0 bridgehead atoms. The van der Waals surface area contributed by atoms with Crippen LogP contribution < -0.4 is 5.32 Å². The van der Waals surface area contributed by atoms with Crippen LogP contribution in [0.25, 0.3) is 0 Å². The van der Waals surface area contributed by atoms with E-state index >= 15 is 0 Å². The van der Waals surface area contributed by atoms with Crippen molar-refractivity contribution in [2.24, 2.45) is 0 Å². The van der Waals surface area contributed by atoms with Gasteiger partial charge in [-0.2, -0.15) is 0 Å². The molecule has 0 spiro atoms. The molecule has 1 saturated heterocycles. The van der Waals surface area contributed by atoms with Gasteiger partial charge < -0.3 is 14.5 Å². The summed E-state index contributed by atoms with van der Waals surface area (Å²) in [6.07, 6.45) is 4.52. The van der Waals surface area contributed by atoms with Crippen molar-refractivity contribution in [1.29, 1.82) is 0 Å². The lowest BCUT2D eigenvalue weighted by Gasteiger charge is -2.33. The van der Waals surface area contributed by atoms with Gasteiger partial charge in [0.25, 0.3) is 0 Å². The zero-order chi connectivity index (χ0) is 12.4. The van der Waals surface area contributed by atoms with Crippen molar-refractivity contribution >= 4 is 0 Å². The highest BCUT2D eigenvalue weighted by Crippen LogP contribution is 2.22. The summed E-state index contributed by atoms with van der Waals surface area (Å²) in [5.41, 5.74) is 0. The number of aromatic nitrogens is 1. The number of oxazole rings is 1. The van der Waals surface area contributed by atoms with Crippen LogP contribution in [0.4, 0.5) is 0 Å². The van der Waals surface area contributed by atoms with Gasteiger partial charge in [-0.1, -0.05) is 0 Å². The highest BCUT2D eigenvalue weighted by molar-refractivity contribution is 4.96. The zero-order valence-electron chi connectivity index (χ0n) is 11.1. The summed E-state index contributed by atoms with van der Waals surface area (Å²) in [7, 11) is 0. The predicted molar refractivity (Wildman–Crippen MR) is 65.8 cm³/mol. The molecule has 4 heteroatoms. The van der Waals surface area contributed by atoms with Gasteiger partial charge in [0.15, 0.2) is 0 Å². The first kappa shape index (κ1) is 12.6. The topological polar surface area (TPSA) is 47.3 Å². The van der Waals surface area contributed by atoms with Crippen molar-refractivity contribution in [2.75, 3.05) is 0 Å². The summed E-state index contributed by atoms with van der Waals surface area (Å²) >= 11 is 0. The first-order chi connectivity index (χ1) is 8.04. The molecule has 1 fully saturated rings. The Balaban J connectivity index is 1.92. The second-order valence-electron chi connectivity index (χ2n) is 5.12. The Bertz CT molecular complexity index is 354. The molecule has 96 valence electrons. The maximum absolute atomic E-state index is 5.73. The Morgan fingerprint density at radius 2 is 2.00 bits per heavy atom. The van der Waals surface area contributed by atoms with Crippen LogP contribution in [0.1, 0.15) is 51.3 Å². The number of nitrogens with zero attached hydrogens (tertiary/aromatic N) is 1. The number of aryl methyl sites for hydroxylation is 1. The SMILES string of the molecule is Cc1cnc(C(C)NC2CC(C)OC(C)C2)o1. The summed E-state index contributed by atoms with van der Waals surface area (Å²) in [5, 5.41) is 3.57. The van der Waals surface area contributed by atoms with Crippen molar-refractivity contribution in [1.82, 2.24) is 10.3 Å². The lowest BCUT2D eigenvalue weighted by molar-refractivity contribution is -0.0437. The number of hydrogen-bond acceptors (Lipinski definition) is 4. The minimum Gasteiger partial charge on any atom is -0.444 e. The first-order valence-electron chi connectivity index (χ1n) is 6.38. The molecule has 0 saturated carbocycles. The Morgan fingerprint density at radius 3 is 2.53 bits per heavy atom. The smallest absolute Gasteiger partial charge is 0.211 e. The molecule has 0 amide bonds. The molecule has 1 aliphatic heterocycles. The van der Waals surface area contributed by atoms with Crippen LogP contribution >= 0.6 is 0 Å². The Morgan fingerprint density at radius 1 is 1.35 bits per heavy atom. The van der Waals surface area contributed by atoms with Crippen molar-refractivity contribution < 1.29 is 9.15 Å². The van der Waals surface area contributed by atoms with E-state index in [9.17, 15) is 0 Å². The third kappa shape index (κ3) is 3.30. The van der Waals surface area contributed by atoms with Gasteiger partial charge in [-0.3, -0.25) is 0 Å². The predicted octanol–water partition coefficient (Wildman–Crippen LogP) is 2.59. The molecule has 3 unspecified atom stereocenters. The van der Waals surface area contributed by atoms with Crippen LogP contribution in [-0.2, 0) is 4.74 Å². The zero-order valence-corrected chi connectivity index (χ0v) is 11.1. The lowest BCUT2D eigenvalue weighted by Crippen LogP contribution is -2.42. The fourth-order valence-electron chi connectivity index (χ4n) is 2.54. The molecule has 1 aromatic heterocycles. The van der Waals surface area contributed by atoms with E-state index in [0.29, 0.717) is 18.2 Å². The summed E-state index contributed by atoms with van der Waals surface area (Å²) in [6.45, 7) is 8.27. The van der Waals surface area contributed by atoms with Crippen molar-refractivity contribution in [3.8, 4) is 0 Å². The Labute approximate surface area is 103 Å². The highest BCUT2D eigenvalue weighted by Gasteiger charge is 2.26. The second kappa shape index (κ2) is 5.19. The maximum atomic E-state index is 5.73. The molecular formula is C13H22N2O2. The first-order valence-corrected chi connectivity index (χ1v) is 6.38. The van der Waals surface area contributed by atoms with Crippen LogP contribution in [0, 0.1) is 6.92 Å². The summed E-state index contributed by atoms with van der Waals surface area (Å²) < 4.78 is 11.3. The van der Waals surface area contributed by atoms with E-state index in [1.165, 1.54) is 0 Å². The van der Waals surface area contributed by atoms with Crippen LogP contribution in [0.2, 0.25) is 0 Å². The quantitative estimate of drug-likeness (QED) is 0.879. The molecule has 2 rings (SSSR count). The van der Waals surface area contributed by atoms with Gasteiger partial charge in [-0.15, -0.1) is 0 Å². The average Bonchev–Trinajstić information content (AvgIpc) is 2.63. The van der Waals surface area contributed by atoms with Crippen molar-refractivity contribution in [3.05, 3.63) is 17.8 Å². The van der Waals surface area contributed by atoms with Gasteiger partial charge in [0.1, 0.15) is 5.76 Å². The number of ether oxygens (including phenoxy) is 1.